The molecular weight excluding hydrogens is 256 g/mol. The van der Waals surface area contributed by atoms with Crippen LogP contribution in [0.5, 0.6) is 0 Å². The molecule has 1 aromatic rings. The quantitative estimate of drug-likeness (QED) is 0.669. The van der Waals surface area contributed by atoms with Crippen molar-refractivity contribution in [3.05, 3.63) is 21.9 Å². The van der Waals surface area contributed by atoms with Gasteiger partial charge in [-0.1, -0.05) is 6.92 Å². The lowest BCUT2D eigenvalue weighted by Gasteiger charge is -2.28. The largest absolute Gasteiger partial charge is 0.383 e. The van der Waals surface area contributed by atoms with Crippen LogP contribution in [0.3, 0.4) is 0 Å². The Balaban J connectivity index is 2.23. The molecule has 0 amide bonds. The topological polar surface area (TPSA) is 24.5 Å². The molecule has 0 saturated heterocycles. The molecule has 0 spiro atoms. The Hall–Kier alpha value is -0.420. The second-order valence-corrected chi connectivity index (χ2v) is 6.35. The molecule has 1 atom stereocenters. The summed E-state index contributed by atoms with van der Waals surface area (Å²) in [6.07, 6.45) is 1.19. The molecule has 110 valence electrons. The second-order valence-electron chi connectivity index (χ2n) is 4.98. The van der Waals surface area contributed by atoms with E-state index < -0.39 is 0 Å². The van der Waals surface area contributed by atoms with Crippen LogP contribution in [0.15, 0.2) is 12.1 Å². The predicted octanol–water partition coefficient (Wildman–Crippen LogP) is 2.89. The summed E-state index contributed by atoms with van der Waals surface area (Å²) in [5, 5.41) is 3.53. The van der Waals surface area contributed by atoms with Crippen LogP contribution in [-0.4, -0.2) is 44.3 Å². The Morgan fingerprint density at radius 2 is 2.16 bits per heavy atom. The van der Waals surface area contributed by atoms with Gasteiger partial charge in [0.15, 0.2) is 0 Å². The molecule has 0 aliphatic heterocycles. The van der Waals surface area contributed by atoms with E-state index >= 15 is 0 Å². The number of nitrogens with one attached hydrogen (secondary N) is 1. The van der Waals surface area contributed by atoms with Crippen molar-refractivity contribution in [1.82, 2.24) is 10.2 Å². The van der Waals surface area contributed by atoms with E-state index in [1.807, 2.05) is 11.3 Å². The zero-order valence-electron chi connectivity index (χ0n) is 12.7. The summed E-state index contributed by atoms with van der Waals surface area (Å²) in [6, 6.07) is 5.02. The van der Waals surface area contributed by atoms with Crippen LogP contribution < -0.4 is 5.32 Å². The van der Waals surface area contributed by atoms with E-state index in [2.05, 4.69) is 43.1 Å². The van der Waals surface area contributed by atoms with Crippen LogP contribution in [0.1, 0.15) is 30.0 Å². The highest BCUT2D eigenvalue weighted by Crippen LogP contribution is 2.14. The van der Waals surface area contributed by atoms with Crippen molar-refractivity contribution in [3.8, 4) is 0 Å². The number of thiophene rings is 1. The Bertz CT molecular complexity index is 341. The highest BCUT2D eigenvalue weighted by Gasteiger charge is 2.10. The molecule has 0 radical (unpaired) electrons. The van der Waals surface area contributed by atoms with Crippen LogP contribution in [-0.2, 0) is 11.3 Å². The van der Waals surface area contributed by atoms with Crippen LogP contribution >= 0.6 is 11.3 Å². The lowest BCUT2D eigenvalue weighted by molar-refractivity contribution is 0.123. The summed E-state index contributed by atoms with van der Waals surface area (Å²) < 4.78 is 5.18. The predicted molar refractivity (Wildman–Crippen MR) is 84.0 cm³/mol. The van der Waals surface area contributed by atoms with Gasteiger partial charge in [-0.25, -0.2) is 0 Å². The monoisotopic (exact) mass is 284 g/mol. The van der Waals surface area contributed by atoms with E-state index in [-0.39, 0.29) is 0 Å². The smallest absolute Gasteiger partial charge is 0.0589 e. The number of ether oxygens (including phenoxy) is 1. The van der Waals surface area contributed by atoms with E-state index in [0.29, 0.717) is 6.04 Å². The minimum absolute atomic E-state index is 0.626. The van der Waals surface area contributed by atoms with Gasteiger partial charge in [-0.05, 0) is 32.4 Å². The van der Waals surface area contributed by atoms with Gasteiger partial charge in [0.05, 0.1) is 6.61 Å². The maximum Gasteiger partial charge on any atom is 0.0589 e. The van der Waals surface area contributed by atoms with E-state index in [1.54, 1.807) is 7.11 Å². The molecule has 0 aliphatic rings. The van der Waals surface area contributed by atoms with Gasteiger partial charge in [-0.15, -0.1) is 11.3 Å². The molecule has 1 N–H and O–H groups in total. The first kappa shape index (κ1) is 16.6. The van der Waals surface area contributed by atoms with Crippen molar-refractivity contribution < 1.29 is 4.74 Å². The SMILES string of the molecule is CCC(C)N(CCNCc1ccc(C)s1)CCOC. The third kappa shape index (κ3) is 6.52. The number of nitrogens with zero attached hydrogens (tertiary/aromatic N) is 1. The fourth-order valence-corrected chi connectivity index (χ4v) is 2.89. The Morgan fingerprint density at radius 1 is 1.37 bits per heavy atom. The van der Waals surface area contributed by atoms with Crippen molar-refractivity contribution in [3.63, 3.8) is 0 Å². The highest BCUT2D eigenvalue weighted by atomic mass is 32.1. The molecule has 0 fully saturated rings. The van der Waals surface area contributed by atoms with E-state index in [4.69, 9.17) is 4.74 Å². The molecule has 0 aliphatic carbocycles. The van der Waals surface area contributed by atoms with Gasteiger partial charge in [0.2, 0.25) is 0 Å². The number of hydrogen-bond acceptors (Lipinski definition) is 4. The van der Waals surface area contributed by atoms with E-state index in [1.165, 1.54) is 16.2 Å². The average molecular weight is 284 g/mol. The summed E-state index contributed by atoms with van der Waals surface area (Å²) >= 11 is 1.88. The average Bonchev–Trinajstić information content (AvgIpc) is 2.83. The normalized spacial score (nSPS) is 13.1. The summed E-state index contributed by atoms with van der Waals surface area (Å²) in [6.45, 7) is 11.6. The van der Waals surface area contributed by atoms with Gasteiger partial charge in [0.25, 0.3) is 0 Å². The van der Waals surface area contributed by atoms with Crippen LogP contribution in [0.2, 0.25) is 0 Å². The standard InChI is InChI=1S/C15H28N2OS/c1-5-13(2)17(10-11-18-4)9-8-16-12-15-7-6-14(3)19-15/h6-7,13,16H,5,8-12H2,1-4H3. The van der Waals surface area contributed by atoms with Crippen molar-refractivity contribution in [2.45, 2.75) is 39.8 Å². The van der Waals surface area contributed by atoms with Crippen molar-refractivity contribution in [2.75, 3.05) is 33.4 Å². The van der Waals surface area contributed by atoms with Gasteiger partial charge < -0.3 is 10.1 Å². The van der Waals surface area contributed by atoms with Crippen LogP contribution in [0.4, 0.5) is 0 Å². The van der Waals surface area contributed by atoms with Crippen molar-refractivity contribution in [2.24, 2.45) is 0 Å². The first-order chi connectivity index (χ1) is 9.17. The maximum absolute atomic E-state index is 5.18. The summed E-state index contributed by atoms with van der Waals surface area (Å²) in [4.78, 5) is 5.30. The molecule has 1 rings (SSSR count). The minimum Gasteiger partial charge on any atom is -0.383 e. The molecule has 1 aromatic heterocycles. The molecular formula is C15H28N2OS. The number of methoxy groups -OCH3 is 1. The highest BCUT2D eigenvalue weighted by molar-refractivity contribution is 7.11. The lowest BCUT2D eigenvalue weighted by atomic mass is 10.2. The summed E-state index contributed by atoms with van der Waals surface area (Å²) in [5.74, 6) is 0. The molecule has 1 unspecified atom stereocenters. The summed E-state index contributed by atoms with van der Waals surface area (Å²) in [5.41, 5.74) is 0. The Labute approximate surface area is 122 Å². The third-order valence-electron chi connectivity index (χ3n) is 3.47. The molecule has 19 heavy (non-hydrogen) atoms. The number of aryl methyl sites for hydroxylation is 1. The third-order valence-corrected chi connectivity index (χ3v) is 4.47. The maximum atomic E-state index is 5.18. The molecule has 4 heteroatoms. The molecule has 0 bridgehead atoms. The minimum atomic E-state index is 0.626. The molecule has 3 nitrogen and oxygen atoms in total. The van der Waals surface area contributed by atoms with E-state index in [0.717, 1.165) is 32.8 Å². The van der Waals surface area contributed by atoms with Gasteiger partial charge >= 0.3 is 0 Å². The van der Waals surface area contributed by atoms with E-state index in [9.17, 15) is 0 Å². The van der Waals surface area contributed by atoms with Crippen molar-refractivity contribution >= 4 is 11.3 Å². The number of rotatable bonds is 10. The first-order valence-corrected chi connectivity index (χ1v) is 7.98. The summed E-state index contributed by atoms with van der Waals surface area (Å²) in [7, 11) is 1.77. The van der Waals surface area contributed by atoms with Crippen LogP contribution in [0, 0.1) is 6.92 Å². The Kier molecular flexibility index (Phi) is 8.30. The fraction of sp³-hybridized carbons (Fsp3) is 0.733. The van der Waals surface area contributed by atoms with Crippen molar-refractivity contribution in [1.29, 1.82) is 0 Å². The Morgan fingerprint density at radius 3 is 2.74 bits per heavy atom. The zero-order chi connectivity index (χ0) is 14.1. The van der Waals surface area contributed by atoms with Gasteiger partial charge in [0.1, 0.15) is 0 Å². The van der Waals surface area contributed by atoms with Crippen LogP contribution in [0.25, 0.3) is 0 Å². The fourth-order valence-electron chi connectivity index (χ4n) is 2.03. The van der Waals surface area contributed by atoms with Gasteiger partial charge in [-0.2, -0.15) is 0 Å². The van der Waals surface area contributed by atoms with Gasteiger partial charge in [0, 0.05) is 49.1 Å². The van der Waals surface area contributed by atoms with Gasteiger partial charge in [-0.3, -0.25) is 4.90 Å². The molecule has 1 heterocycles. The second kappa shape index (κ2) is 9.48. The zero-order valence-corrected chi connectivity index (χ0v) is 13.6. The first-order valence-electron chi connectivity index (χ1n) is 7.16. The number of hydrogen-bond donors (Lipinski definition) is 1. The lowest BCUT2D eigenvalue weighted by Crippen LogP contribution is -2.39. The molecule has 0 saturated carbocycles. The molecule has 0 aromatic carbocycles.